The molecule has 0 spiro atoms. The number of hydrogen-bond donors (Lipinski definition) is 2. The molecular weight excluding hydrogens is 442 g/mol. The SMILES string of the molecule is CC(C)(COCCCSCCC(=O)O)O[Si](OCCN)(c1ccccc1)c1ccccc1. The predicted octanol–water partition coefficient (Wildman–Crippen LogP) is 2.63. The van der Waals surface area contributed by atoms with Crippen LogP contribution in [0.3, 0.4) is 0 Å². The molecule has 0 bridgehead atoms. The molecule has 0 saturated carbocycles. The maximum atomic E-state index is 10.6. The van der Waals surface area contributed by atoms with Crippen molar-refractivity contribution in [3.63, 3.8) is 0 Å². The number of nitrogens with two attached hydrogens (primary N) is 1. The summed E-state index contributed by atoms with van der Waals surface area (Å²) in [6.07, 6.45) is 1.06. The largest absolute Gasteiger partial charge is 0.481 e. The van der Waals surface area contributed by atoms with Gasteiger partial charge >= 0.3 is 14.5 Å². The first-order valence-corrected chi connectivity index (χ1v) is 13.9. The molecule has 2 rings (SSSR count). The fourth-order valence-corrected chi connectivity index (χ4v) is 7.57. The molecule has 0 aliphatic rings. The lowest BCUT2D eigenvalue weighted by atomic mass is 10.2. The van der Waals surface area contributed by atoms with Gasteiger partial charge in [-0.1, -0.05) is 60.7 Å². The van der Waals surface area contributed by atoms with Gasteiger partial charge in [0, 0.05) is 25.5 Å². The summed E-state index contributed by atoms with van der Waals surface area (Å²) in [5.74, 6) is 0.750. The van der Waals surface area contributed by atoms with Gasteiger partial charge in [-0.25, -0.2) is 0 Å². The first-order chi connectivity index (χ1) is 15.4. The van der Waals surface area contributed by atoms with E-state index in [0.717, 1.165) is 22.5 Å². The quantitative estimate of drug-likeness (QED) is 0.284. The van der Waals surface area contributed by atoms with Crippen molar-refractivity contribution in [2.45, 2.75) is 32.3 Å². The van der Waals surface area contributed by atoms with Crippen LogP contribution in [0.4, 0.5) is 0 Å². The Kier molecular flexibility index (Phi) is 11.4. The summed E-state index contributed by atoms with van der Waals surface area (Å²) >= 11 is 1.64. The Morgan fingerprint density at radius 3 is 2.12 bits per heavy atom. The molecule has 32 heavy (non-hydrogen) atoms. The van der Waals surface area contributed by atoms with E-state index in [9.17, 15) is 4.79 Å². The van der Waals surface area contributed by atoms with Crippen molar-refractivity contribution in [3.8, 4) is 0 Å². The van der Waals surface area contributed by atoms with Gasteiger partial charge in [0.15, 0.2) is 0 Å². The van der Waals surface area contributed by atoms with Crippen LogP contribution in [0, 0.1) is 0 Å². The van der Waals surface area contributed by atoms with E-state index < -0.39 is 20.1 Å². The first-order valence-electron chi connectivity index (χ1n) is 10.9. The van der Waals surface area contributed by atoms with E-state index >= 15 is 0 Å². The minimum Gasteiger partial charge on any atom is -0.481 e. The zero-order valence-corrected chi connectivity index (χ0v) is 20.8. The maximum Gasteiger partial charge on any atom is 0.407 e. The van der Waals surface area contributed by atoms with Gasteiger partial charge in [0.2, 0.25) is 0 Å². The highest BCUT2D eigenvalue weighted by molar-refractivity contribution is 7.99. The van der Waals surface area contributed by atoms with E-state index in [0.29, 0.717) is 32.1 Å². The molecule has 0 atom stereocenters. The predicted molar refractivity (Wildman–Crippen MR) is 133 cm³/mol. The number of rotatable bonds is 16. The molecule has 0 unspecified atom stereocenters. The number of carboxylic acids is 1. The normalized spacial score (nSPS) is 12.1. The number of carboxylic acid groups (broad SMARTS) is 1. The molecule has 0 aliphatic heterocycles. The highest BCUT2D eigenvalue weighted by Gasteiger charge is 2.46. The molecular formula is C24H35NO5SSi. The Hall–Kier alpha value is -1.68. The van der Waals surface area contributed by atoms with Crippen LogP contribution in [0.1, 0.15) is 26.7 Å². The van der Waals surface area contributed by atoms with Gasteiger partial charge in [-0.3, -0.25) is 4.79 Å². The summed E-state index contributed by atoms with van der Waals surface area (Å²) in [5.41, 5.74) is 5.22. The molecule has 2 aromatic rings. The Morgan fingerprint density at radius 1 is 1.00 bits per heavy atom. The molecule has 0 radical (unpaired) electrons. The van der Waals surface area contributed by atoms with Crippen LogP contribution < -0.4 is 16.1 Å². The second-order valence-corrected chi connectivity index (χ2v) is 12.1. The third-order valence-corrected chi connectivity index (χ3v) is 9.35. The summed E-state index contributed by atoms with van der Waals surface area (Å²) in [6, 6.07) is 20.2. The molecule has 0 heterocycles. The van der Waals surface area contributed by atoms with Gasteiger partial charge < -0.3 is 24.4 Å². The summed E-state index contributed by atoms with van der Waals surface area (Å²) in [5, 5.41) is 10.7. The van der Waals surface area contributed by atoms with Gasteiger partial charge in [0.25, 0.3) is 0 Å². The van der Waals surface area contributed by atoms with Gasteiger partial charge in [0.1, 0.15) is 0 Å². The van der Waals surface area contributed by atoms with Gasteiger partial charge in [-0.15, -0.1) is 0 Å². The van der Waals surface area contributed by atoms with Crippen LogP contribution in [-0.4, -0.2) is 63.1 Å². The molecule has 0 saturated heterocycles. The molecule has 0 amide bonds. The molecule has 6 nitrogen and oxygen atoms in total. The molecule has 0 aliphatic carbocycles. The summed E-state index contributed by atoms with van der Waals surface area (Å²) in [6.45, 7) is 5.88. The topological polar surface area (TPSA) is 91.0 Å². The maximum absolute atomic E-state index is 10.6. The summed E-state index contributed by atoms with van der Waals surface area (Å²) in [4.78, 5) is 10.6. The minimum atomic E-state index is -3.02. The molecule has 8 heteroatoms. The lowest BCUT2D eigenvalue weighted by Crippen LogP contribution is -2.67. The third kappa shape index (κ3) is 8.69. The fourth-order valence-electron chi connectivity index (χ4n) is 3.26. The number of benzene rings is 2. The molecule has 3 N–H and O–H groups in total. The zero-order chi connectivity index (χ0) is 23.3. The van der Waals surface area contributed by atoms with Crippen LogP contribution in [-0.2, 0) is 18.4 Å². The Balaban J connectivity index is 2.07. The third-order valence-electron chi connectivity index (χ3n) is 4.64. The second-order valence-electron chi connectivity index (χ2n) is 8.01. The van der Waals surface area contributed by atoms with E-state index in [4.69, 9.17) is 24.4 Å². The number of carbonyl (C=O) groups is 1. The monoisotopic (exact) mass is 477 g/mol. The van der Waals surface area contributed by atoms with Crippen molar-refractivity contribution in [3.05, 3.63) is 60.7 Å². The van der Waals surface area contributed by atoms with Crippen molar-refractivity contribution in [2.75, 3.05) is 37.9 Å². The van der Waals surface area contributed by atoms with Crippen molar-refractivity contribution < 1.29 is 23.5 Å². The molecule has 0 aromatic heterocycles. The Labute approximate surface area is 196 Å². The van der Waals surface area contributed by atoms with Gasteiger partial charge in [0.05, 0.1) is 18.6 Å². The Morgan fingerprint density at radius 2 is 1.59 bits per heavy atom. The average Bonchev–Trinajstić information content (AvgIpc) is 2.79. The van der Waals surface area contributed by atoms with E-state index in [1.54, 1.807) is 11.8 Å². The number of thioether (sulfide) groups is 1. The van der Waals surface area contributed by atoms with Crippen LogP contribution in [0.25, 0.3) is 0 Å². The average molecular weight is 478 g/mol. The smallest absolute Gasteiger partial charge is 0.407 e. The van der Waals surface area contributed by atoms with E-state index in [2.05, 4.69) is 24.3 Å². The molecule has 2 aromatic carbocycles. The highest BCUT2D eigenvalue weighted by Crippen LogP contribution is 2.20. The fraction of sp³-hybridized carbons (Fsp3) is 0.458. The van der Waals surface area contributed by atoms with Crippen LogP contribution in [0.15, 0.2) is 60.7 Å². The van der Waals surface area contributed by atoms with Crippen LogP contribution in [0.5, 0.6) is 0 Å². The van der Waals surface area contributed by atoms with Gasteiger partial charge in [-0.05, 0) is 36.4 Å². The molecule has 0 fully saturated rings. The zero-order valence-electron chi connectivity index (χ0n) is 19.0. The standard InChI is InChI=1S/C24H35NO5SSi/c1-24(2,20-28-16-9-18-31-19-14-23(26)27)30-32(29-17-15-25,21-10-5-3-6-11-21)22-12-7-4-8-13-22/h3-8,10-13H,9,14-20,25H2,1-2H3,(H,26,27). The van der Waals surface area contributed by atoms with Crippen LogP contribution in [0.2, 0.25) is 0 Å². The van der Waals surface area contributed by atoms with Crippen molar-refractivity contribution in [1.82, 2.24) is 0 Å². The van der Waals surface area contributed by atoms with Gasteiger partial charge in [-0.2, -0.15) is 11.8 Å². The lowest BCUT2D eigenvalue weighted by Gasteiger charge is -2.39. The summed E-state index contributed by atoms with van der Waals surface area (Å²) < 4.78 is 19.2. The van der Waals surface area contributed by atoms with E-state index in [1.807, 2.05) is 50.2 Å². The number of aliphatic carboxylic acids is 1. The van der Waals surface area contributed by atoms with E-state index in [-0.39, 0.29) is 6.42 Å². The minimum absolute atomic E-state index is 0.195. The highest BCUT2D eigenvalue weighted by atomic mass is 32.2. The van der Waals surface area contributed by atoms with E-state index in [1.165, 1.54) is 0 Å². The van der Waals surface area contributed by atoms with Crippen molar-refractivity contribution in [1.29, 1.82) is 0 Å². The summed E-state index contributed by atoms with van der Waals surface area (Å²) in [7, 11) is -3.02. The van der Waals surface area contributed by atoms with Crippen molar-refractivity contribution >= 4 is 36.7 Å². The lowest BCUT2D eigenvalue weighted by molar-refractivity contribution is -0.136. The second kappa shape index (κ2) is 13.8. The first kappa shape index (κ1) is 26.6. The Bertz CT molecular complexity index is 752. The number of ether oxygens (including phenoxy) is 1. The number of hydrogen-bond acceptors (Lipinski definition) is 6. The van der Waals surface area contributed by atoms with Crippen molar-refractivity contribution in [2.24, 2.45) is 5.73 Å². The molecule has 176 valence electrons. The van der Waals surface area contributed by atoms with Crippen LogP contribution >= 0.6 is 11.8 Å².